The van der Waals surface area contributed by atoms with Crippen molar-refractivity contribution in [1.29, 1.82) is 0 Å². The Kier molecular flexibility index (Phi) is 3.78. The maximum Gasteiger partial charge on any atom is 0.267 e. The van der Waals surface area contributed by atoms with Crippen LogP contribution in [0.4, 0.5) is 10.3 Å². The van der Waals surface area contributed by atoms with Gasteiger partial charge in [0.2, 0.25) is 0 Å². The Morgan fingerprint density at radius 3 is 1.16 bits per heavy atom. The average Bonchev–Trinajstić information content (AvgIpc) is 3.39. The molecule has 32 heavy (non-hydrogen) atoms. The monoisotopic (exact) mass is 460 g/mol. The summed E-state index contributed by atoms with van der Waals surface area (Å²) in [4.78, 5) is 65.4. The number of amides is 4. The van der Waals surface area contributed by atoms with E-state index >= 15 is 0 Å². The SMILES string of the molecule is Cc1cnc(N2C(=O)c3ccc4c5c(ccc(c35)C2=O)C(=O)N(c2ncc(C)s2)C4=O)s1. The first-order chi connectivity index (χ1) is 15.4. The van der Waals surface area contributed by atoms with Gasteiger partial charge in [0.05, 0.1) is 0 Å². The van der Waals surface area contributed by atoms with Crippen molar-refractivity contribution in [3.8, 4) is 0 Å². The van der Waals surface area contributed by atoms with E-state index in [2.05, 4.69) is 9.97 Å². The molecule has 0 aliphatic carbocycles. The quantitative estimate of drug-likeness (QED) is 0.420. The van der Waals surface area contributed by atoms with Crippen LogP contribution in [-0.4, -0.2) is 33.6 Å². The van der Waals surface area contributed by atoms with Crippen LogP contribution < -0.4 is 9.80 Å². The number of anilines is 2. The van der Waals surface area contributed by atoms with E-state index in [4.69, 9.17) is 0 Å². The number of imide groups is 2. The number of carbonyl (C=O) groups is 4. The standard InChI is InChI=1S/C22H12N4O4S2/c1-9-7-23-21(31-9)25-17(27)11-3-5-13-16-14(6-4-12(15(11)16)18(25)28)20(30)26(19(13)29)22-24-8-10(2)32-22/h3-8H,1-2H3. The number of aryl methyl sites for hydroxylation is 2. The van der Waals surface area contributed by atoms with Crippen LogP contribution in [0.5, 0.6) is 0 Å². The predicted molar refractivity (Wildman–Crippen MR) is 120 cm³/mol. The molecule has 156 valence electrons. The number of nitrogens with zero attached hydrogens (tertiary/aromatic N) is 4. The largest absolute Gasteiger partial charge is 0.268 e. The highest BCUT2D eigenvalue weighted by molar-refractivity contribution is 7.16. The molecular weight excluding hydrogens is 448 g/mol. The van der Waals surface area contributed by atoms with Crippen LogP contribution in [0.2, 0.25) is 0 Å². The minimum Gasteiger partial charge on any atom is -0.268 e. The van der Waals surface area contributed by atoms with Gasteiger partial charge in [-0.25, -0.2) is 19.8 Å². The van der Waals surface area contributed by atoms with Crippen molar-refractivity contribution < 1.29 is 19.2 Å². The minimum atomic E-state index is -0.529. The summed E-state index contributed by atoms with van der Waals surface area (Å²) in [5.74, 6) is -2.12. The van der Waals surface area contributed by atoms with Crippen LogP contribution in [0.25, 0.3) is 10.8 Å². The van der Waals surface area contributed by atoms with Crippen LogP contribution in [0, 0.1) is 13.8 Å². The molecule has 0 bridgehead atoms. The van der Waals surface area contributed by atoms with Crippen LogP contribution in [-0.2, 0) is 0 Å². The summed E-state index contributed by atoms with van der Waals surface area (Å²) >= 11 is 2.48. The second kappa shape index (κ2) is 6.38. The maximum atomic E-state index is 13.3. The van der Waals surface area contributed by atoms with Gasteiger partial charge in [0.1, 0.15) is 0 Å². The summed E-state index contributed by atoms with van der Waals surface area (Å²) in [6, 6.07) is 6.14. The number of thiazole rings is 2. The van der Waals surface area contributed by atoms with Gasteiger partial charge in [0.15, 0.2) is 10.3 Å². The Morgan fingerprint density at radius 2 is 0.906 bits per heavy atom. The van der Waals surface area contributed by atoms with Crippen molar-refractivity contribution in [2.24, 2.45) is 0 Å². The van der Waals surface area contributed by atoms with Gasteiger partial charge in [-0.1, -0.05) is 0 Å². The number of hydrogen-bond donors (Lipinski definition) is 0. The van der Waals surface area contributed by atoms with Crippen LogP contribution >= 0.6 is 22.7 Å². The third-order valence-electron chi connectivity index (χ3n) is 5.50. The van der Waals surface area contributed by atoms with E-state index in [1.54, 1.807) is 12.4 Å². The Balaban J connectivity index is 1.59. The van der Waals surface area contributed by atoms with Crippen molar-refractivity contribution in [2.75, 3.05) is 9.80 Å². The summed E-state index contributed by atoms with van der Waals surface area (Å²) in [5, 5.41) is 1.23. The lowest BCUT2D eigenvalue weighted by Crippen LogP contribution is -2.43. The highest BCUT2D eigenvalue weighted by Crippen LogP contribution is 2.40. The minimum absolute atomic E-state index is 0.257. The molecule has 0 radical (unpaired) electrons. The van der Waals surface area contributed by atoms with Crippen molar-refractivity contribution in [3.63, 3.8) is 0 Å². The molecule has 2 aromatic carbocycles. The fourth-order valence-corrected chi connectivity index (χ4v) is 5.63. The first-order valence-electron chi connectivity index (χ1n) is 9.59. The van der Waals surface area contributed by atoms with E-state index in [1.165, 1.54) is 46.9 Å². The highest BCUT2D eigenvalue weighted by Gasteiger charge is 2.41. The smallest absolute Gasteiger partial charge is 0.267 e. The second-order valence-electron chi connectivity index (χ2n) is 7.47. The number of rotatable bonds is 2. The zero-order valence-corrected chi connectivity index (χ0v) is 18.3. The molecule has 0 unspecified atom stereocenters. The molecule has 4 amide bonds. The fraction of sp³-hybridized carbons (Fsp3) is 0.0909. The molecular formula is C22H12N4O4S2. The van der Waals surface area contributed by atoms with Gasteiger partial charge in [-0.3, -0.25) is 19.2 Å². The van der Waals surface area contributed by atoms with Crippen LogP contribution in [0.15, 0.2) is 36.7 Å². The summed E-state index contributed by atoms with van der Waals surface area (Å²) in [5.41, 5.74) is 1.03. The summed E-state index contributed by atoms with van der Waals surface area (Å²) in [6.07, 6.45) is 3.20. The number of benzene rings is 2. The Morgan fingerprint density at radius 1 is 0.594 bits per heavy atom. The second-order valence-corrected chi connectivity index (χ2v) is 9.90. The Bertz CT molecular complexity index is 1370. The lowest BCUT2D eigenvalue weighted by Gasteiger charge is -2.30. The Labute approximate surface area is 188 Å². The van der Waals surface area contributed by atoms with E-state index in [0.29, 0.717) is 10.8 Å². The summed E-state index contributed by atoms with van der Waals surface area (Å²) in [7, 11) is 0. The van der Waals surface area contributed by atoms with Crippen LogP contribution in [0.1, 0.15) is 51.2 Å². The zero-order chi connectivity index (χ0) is 22.3. The van der Waals surface area contributed by atoms with Crippen molar-refractivity contribution in [1.82, 2.24) is 9.97 Å². The van der Waals surface area contributed by atoms with Gasteiger partial charge in [-0.2, -0.15) is 0 Å². The maximum absolute atomic E-state index is 13.3. The summed E-state index contributed by atoms with van der Waals surface area (Å²) < 4.78 is 0. The van der Waals surface area contributed by atoms with E-state index in [1.807, 2.05) is 13.8 Å². The third-order valence-corrected chi connectivity index (χ3v) is 7.29. The van der Waals surface area contributed by atoms with Gasteiger partial charge in [-0.15, -0.1) is 22.7 Å². The van der Waals surface area contributed by atoms with Crippen LogP contribution in [0.3, 0.4) is 0 Å². The van der Waals surface area contributed by atoms with Gasteiger partial charge >= 0.3 is 0 Å². The number of hydrogen-bond acceptors (Lipinski definition) is 8. The van der Waals surface area contributed by atoms with Gasteiger partial charge < -0.3 is 0 Å². The molecule has 0 spiro atoms. The first-order valence-corrected chi connectivity index (χ1v) is 11.2. The third kappa shape index (κ3) is 2.36. The molecule has 6 rings (SSSR count). The normalized spacial score (nSPS) is 15.3. The number of carbonyl (C=O) groups excluding carboxylic acids is 4. The van der Waals surface area contributed by atoms with E-state index in [0.717, 1.165) is 19.6 Å². The lowest BCUT2D eigenvalue weighted by molar-refractivity contribution is 0.0873. The van der Waals surface area contributed by atoms with Gasteiger partial charge in [0, 0.05) is 55.2 Å². The molecule has 10 heteroatoms. The lowest BCUT2D eigenvalue weighted by atomic mass is 9.86. The zero-order valence-electron chi connectivity index (χ0n) is 16.7. The molecule has 2 aromatic heterocycles. The predicted octanol–water partition coefficient (Wildman–Crippen LogP) is 3.97. The molecule has 4 aromatic rings. The molecule has 8 nitrogen and oxygen atoms in total. The first kappa shape index (κ1) is 19.0. The van der Waals surface area contributed by atoms with Gasteiger partial charge in [0.25, 0.3) is 23.6 Å². The summed E-state index contributed by atoms with van der Waals surface area (Å²) in [6.45, 7) is 3.68. The fourth-order valence-electron chi connectivity index (χ4n) is 4.11. The topological polar surface area (TPSA) is 101 Å². The van der Waals surface area contributed by atoms with Gasteiger partial charge in [-0.05, 0) is 38.1 Å². The van der Waals surface area contributed by atoms with E-state index < -0.39 is 23.6 Å². The number of aromatic nitrogens is 2. The molecule has 4 heterocycles. The highest BCUT2D eigenvalue weighted by atomic mass is 32.1. The van der Waals surface area contributed by atoms with E-state index in [9.17, 15) is 19.2 Å². The van der Waals surface area contributed by atoms with Crippen molar-refractivity contribution >= 4 is 67.3 Å². The molecule has 2 aliphatic rings. The Hall–Kier alpha value is -3.76. The van der Waals surface area contributed by atoms with Crippen molar-refractivity contribution in [2.45, 2.75) is 13.8 Å². The average molecular weight is 460 g/mol. The molecule has 0 saturated heterocycles. The molecule has 0 atom stereocenters. The molecule has 0 saturated carbocycles. The van der Waals surface area contributed by atoms with Crippen molar-refractivity contribution in [3.05, 3.63) is 68.7 Å². The molecule has 0 fully saturated rings. The molecule has 0 N–H and O–H groups in total. The molecule has 2 aliphatic heterocycles. The van der Waals surface area contributed by atoms with E-state index in [-0.39, 0.29) is 32.5 Å².